The van der Waals surface area contributed by atoms with E-state index in [9.17, 15) is 31.1 Å². The predicted molar refractivity (Wildman–Crippen MR) is 118 cm³/mol. The van der Waals surface area contributed by atoms with Crippen molar-refractivity contribution in [2.45, 2.75) is 44.9 Å². The molecule has 0 aromatic heterocycles. The van der Waals surface area contributed by atoms with Crippen LogP contribution in [-0.4, -0.2) is 5.97 Å². The molecule has 0 bridgehead atoms. The Morgan fingerprint density at radius 1 is 0.771 bits per heavy atom. The van der Waals surface area contributed by atoms with Crippen molar-refractivity contribution in [3.8, 4) is 16.9 Å². The SMILES string of the molecule is CCc1ccc(-c2ccc(C3CCC(C(=O)Oc4cccc(F)c4F)CC3)c(F)c2F)c(F)c1F. The molecule has 1 saturated carbocycles. The molecular formula is C27H22F6O2. The number of carbonyl (C=O) groups is 1. The number of carbonyl (C=O) groups excluding carboxylic acids is 1. The van der Waals surface area contributed by atoms with Gasteiger partial charge in [-0.15, -0.1) is 0 Å². The molecule has 0 aliphatic heterocycles. The first-order valence-electron chi connectivity index (χ1n) is 11.3. The highest BCUT2D eigenvalue weighted by Crippen LogP contribution is 2.40. The Kier molecular flexibility index (Phi) is 7.19. The van der Waals surface area contributed by atoms with Crippen LogP contribution in [0.15, 0.2) is 42.5 Å². The van der Waals surface area contributed by atoms with Gasteiger partial charge in [-0.3, -0.25) is 4.79 Å². The number of hydrogen-bond acceptors (Lipinski definition) is 2. The minimum absolute atomic E-state index is 0.0836. The molecule has 0 N–H and O–H groups in total. The lowest BCUT2D eigenvalue weighted by molar-refractivity contribution is -0.140. The van der Waals surface area contributed by atoms with E-state index in [-0.39, 0.29) is 41.5 Å². The third kappa shape index (κ3) is 4.79. The summed E-state index contributed by atoms with van der Waals surface area (Å²) in [5, 5.41) is 0. The van der Waals surface area contributed by atoms with Crippen molar-refractivity contribution in [2.24, 2.45) is 5.92 Å². The molecular weight excluding hydrogens is 470 g/mol. The van der Waals surface area contributed by atoms with Crippen LogP contribution in [-0.2, 0) is 11.2 Å². The summed E-state index contributed by atoms with van der Waals surface area (Å²) in [5.41, 5.74) is -0.516. The molecule has 184 valence electrons. The Labute approximate surface area is 198 Å². The molecule has 1 fully saturated rings. The lowest BCUT2D eigenvalue weighted by atomic mass is 9.78. The minimum Gasteiger partial charge on any atom is -0.423 e. The molecule has 8 heteroatoms. The van der Waals surface area contributed by atoms with E-state index in [1.807, 2.05) is 0 Å². The molecule has 35 heavy (non-hydrogen) atoms. The summed E-state index contributed by atoms with van der Waals surface area (Å²) < 4.78 is 90.6. The van der Waals surface area contributed by atoms with Crippen molar-refractivity contribution in [2.75, 3.05) is 0 Å². The number of ether oxygens (including phenoxy) is 1. The molecule has 0 radical (unpaired) electrons. The van der Waals surface area contributed by atoms with Crippen molar-refractivity contribution in [3.63, 3.8) is 0 Å². The van der Waals surface area contributed by atoms with Crippen molar-refractivity contribution in [1.82, 2.24) is 0 Å². The first kappa shape index (κ1) is 24.8. The monoisotopic (exact) mass is 492 g/mol. The fraction of sp³-hybridized carbons (Fsp3) is 0.296. The standard InChI is InChI=1S/C27H22F6O2/c1-2-14-10-11-18(24(31)22(14)29)19-13-12-17(23(30)25(19)32)15-6-8-16(9-7-15)27(34)35-21-5-3-4-20(28)26(21)33/h3-5,10-13,15-16H,2,6-9H2,1H3. The van der Waals surface area contributed by atoms with Gasteiger partial charge in [0.2, 0.25) is 5.82 Å². The van der Waals surface area contributed by atoms with Gasteiger partial charge in [-0.05, 0) is 61.3 Å². The highest BCUT2D eigenvalue weighted by molar-refractivity contribution is 5.75. The first-order valence-corrected chi connectivity index (χ1v) is 11.3. The Morgan fingerprint density at radius 3 is 2.06 bits per heavy atom. The molecule has 0 atom stereocenters. The number of esters is 1. The van der Waals surface area contributed by atoms with Crippen molar-refractivity contribution in [1.29, 1.82) is 0 Å². The van der Waals surface area contributed by atoms with Gasteiger partial charge < -0.3 is 4.74 Å². The minimum atomic E-state index is -1.27. The molecule has 3 aromatic carbocycles. The Balaban J connectivity index is 1.48. The van der Waals surface area contributed by atoms with Crippen molar-refractivity contribution < 1.29 is 35.9 Å². The van der Waals surface area contributed by atoms with Crippen LogP contribution in [0.1, 0.15) is 49.7 Å². The second-order valence-electron chi connectivity index (χ2n) is 8.61. The van der Waals surface area contributed by atoms with Crippen LogP contribution < -0.4 is 4.74 Å². The third-order valence-electron chi connectivity index (χ3n) is 6.57. The van der Waals surface area contributed by atoms with Gasteiger partial charge in [-0.1, -0.05) is 37.3 Å². The summed E-state index contributed by atoms with van der Waals surface area (Å²) in [4.78, 5) is 12.4. The Morgan fingerprint density at radius 2 is 1.40 bits per heavy atom. The van der Waals surface area contributed by atoms with Crippen LogP contribution in [0.3, 0.4) is 0 Å². The summed E-state index contributed by atoms with van der Waals surface area (Å²) in [6, 6.07) is 8.42. The van der Waals surface area contributed by atoms with Gasteiger partial charge in [0.05, 0.1) is 5.92 Å². The average molecular weight is 492 g/mol. The van der Waals surface area contributed by atoms with Gasteiger partial charge in [0.15, 0.2) is 34.8 Å². The van der Waals surface area contributed by atoms with E-state index >= 15 is 0 Å². The summed E-state index contributed by atoms with van der Waals surface area (Å²) >= 11 is 0. The molecule has 0 unspecified atom stereocenters. The van der Waals surface area contributed by atoms with E-state index in [0.717, 1.165) is 12.1 Å². The lowest BCUT2D eigenvalue weighted by Crippen LogP contribution is -2.26. The normalized spacial score (nSPS) is 17.9. The highest BCUT2D eigenvalue weighted by atomic mass is 19.2. The number of rotatable bonds is 5. The molecule has 4 rings (SSSR count). The van der Waals surface area contributed by atoms with Gasteiger partial charge in [-0.25, -0.2) is 22.0 Å². The Bertz CT molecular complexity index is 1270. The molecule has 3 aromatic rings. The zero-order valence-corrected chi connectivity index (χ0v) is 18.8. The van der Waals surface area contributed by atoms with Gasteiger partial charge >= 0.3 is 5.97 Å². The smallest absolute Gasteiger partial charge is 0.314 e. The number of aryl methyl sites for hydroxylation is 1. The average Bonchev–Trinajstić information content (AvgIpc) is 2.86. The van der Waals surface area contributed by atoms with E-state index in [0.29, 0.717) is 12.8 Å². The molecule has 0 amide bonds. The van der Waals surface area contributed by atoms with Crippen LogP contribution >= 0.6 is 0 Å². The molecule has 1 aliphatic rings. The van der Waals surface area contributed by atoms with E-state index in [1.54, 1.807) is 6.92 Å². The largest absolute Gasteiger partial charge is 0.423 e. The number of benzene rings is 3. The fourth-order valence-corrected chi connectivity index (χ4v) is 4.55. The molecule has 0 saturated heterocycles. The van der Waals surface area contributed by atoms with Gasteiger partial charge in [0.25, 0.3) is 0 Å². The number of halogens is 6. The maximum atomic E-state index is 15.0. The van der Waals surface area contributed by atoms with Gasteiger partial charge in [0.1, 0.15) is 0 Å². The van der Waals surface area contributed by atoms with Crippen molar-refractivity contribution in [3.05, 3.63) is 88.5 Å². The van der Waals surface area contributed by atoms with E-state index in [4.69, 9.17) is 4.74 Å². The topological polar surface area (TPSA) is 26.3 Å². The summed E-state index contributed by atoms with van der Waals surface area (Å²) in [6.45, 7) is 1.65. The second-order valence-corrected chi connectivity index (χ2v) is 8.61. The van der Waals surface area contributed by atoms with Crippen LogP contribution in [0.4, 0.5) is 26.3 Å². The zero-order valence-electron chi connectivity index (χ0n) is 18.8. The van der Waals surface area contributed by atoms with Gasteiger partial charge in [-0.2, -0.15) is 4.39 Å². The van der Waals surface area contributed by atoms with Crippen LogP contribution in [0.5, 0.6) is 5.75 Å². The molecule has 0 spiro atoms. The second kappa shape index (κ2) is 10.1. The Hall–Kier alpha value is -3.29. The predicted octanol–water partition coefficient (Wildman–Crippen LogP) is 7.63. The third-order valence-corrected chi connectivity index (χ3v) is 6.57. The zero-order chi connectivity index (χ0) is 25.3. The lowest BCUT2D eigenvalue weighted by Gasteiger charge is -2.28. The first-order chi connectivity index (χ1) is 16.7. The summed E-state index contributed by atoms with van der Waals surface area (Å²) in [6.07, 6.45) is 1.47. The van der Waals surface area contributed by atoms with E-state index < -0.39 is 58.5 Å². The maximum Gasteiger partial charge on any atom is 0.314 e. The van der Waals surface area contributed by atoms with Crippen molar-refractivity contribution >= 4 is 5.97 Å². The molecule has 1 aliphatic carbocycles. The molecule has 2 nitrogen and oxygen atoms in total. The van der Waals surface area contributed by atoms with E-state index in [2.05, 4.69) is 0 Å². The van der Waals surface area contributed by atoms with Gasteiger partial charge in [0, 0.05) is 11.1 Å². The van der Waals surface area contributed by atoms with Crippen LogP contribution in [0.25, 0.3) is 11.1 Å². The quantitative estimate of drug-likeness (QED) is 0.208. The highest BCUT2D eigenvalue weighted by Gasteiger charge is 2.31. The van der Waals surface area contributed by atoms with Crippen LogP contribution in [0.2, 0.25) is 0 Å². The fourth-order valence-electron chi connectivity index (χ4n) is 4.55. The van der Waals surface area contributed by atoms with E-state index in [1.165, 1.54) is 30.3 Å². The van der Waals surface area contributed by atoms with Crippen LogP contribution in [0, 0.1) is 40.8 Å². The number of hydrogen-bond donors (Lipinski definition) is 0. The summed E-state index contributed by atoms with van der Waals surface area (Å²) in [5.74, 6) is -9.35. The molecule has 0 heterocycles. The summed E-state index contributed by atoms with van der Waals surface area (Å²) in [7, 11) is 0. The maximum absolute atomic E-state index is 15.0.